The standard InChI is InChI=1S/C58H62O13/c1-40(2)33-63-51-50(48(39-67-55(59)45-29-17-7-18-30-45)68-57(61)53(51)65-36-43-25-13-5-14-26-43)71-58-54(66-37-44-27-15-6-16-28-44)52(64-35-42-23-11-4-12-24-42)49(70-56(60)46-31-19-8-20-32-46)47(69-58)38-62-34-41-21-9-3-10-22-41/h3-32,40,47-54,57-58,61H,33-39H2,1-2H3/t47?,48?,49-,50?,51?,52?,53?,54?,57?,58?/m0/s1. The summed E-state index contributed by atoms with van der Waals surface area (Å²) < 4.78 is 66.3. The third kappa shape index (κ3) is 14.7. The summed E-state index contributed by atoms with van der Waals surface area (Å²) >= 11 is 0. The molecule has 0 saturated carbocycles. The van der Waals surface area contributed by atoms with E-state index in [4.69, 9.17) is 47.4 Å². The Morgan fingerprint density at radius 3 is 1.39 bits per heavy atom. The van der Waals surface area contributed by atoms with Crippen LogP contribution in [0, 0.1) is 5.92 Å². The number of hydrogen-bond donors (Lipinski definition) is 1. The van der Waals surface area contributed by atoms with Gasteiger partial charge in [-0.2, -0.15) is 0 Å². The highest BCUT2D eigenvalue weighted by molar-refractivity contribution is 5.89. The van der Waals surface area contributed by atoms with E-state index in [9.17, 15) is 14.7 Å². The highest BCUT2D eigenvalue weighted by Crippen LogP contribution is 2.36. The summed E-state index contributed by atoms with van der Waals surface area (Å²) in [5.74, 6) is -1.15. The van der Waals surface area contributed by atoms with Gasteiger partial charge in [0.05, 0.1) is 44.2 Å². The quantitative estimate of drug-likeness (QED) is 0.0611. The van der Waals surface area contributed by atoms with E-state index in [0.717, 1.165) is 22.3 Å². The summed E-state index contributed by atoms with van der Waals surface area (Å²) in [5.41, 5.74) is 4.15. The molecule has 0 amide bonds. The molecule has 2 saturated heterocycles. The number of ether oxygens (including phenoxy) is 10. The molecule has 2 fully saturated rings. The molecule has 13 nitrogen and oxygen atoms in total. The molecule has 6 aromatic carbocycles. The minimum atomic E-state index is -1.53. The summed E-state index contributed by atoms with van der Waals surface area (Å²) in [6, 6.07) is 55.8. The van der Waals surface area contributed by atoms with Crippen molar-refractivity contribution in [3.63, 3.8) is 0 Å². The van der Waals surface area contributed by atoms with Crippen LogP contribution in [0.3, 0.4) is 0 Å². The summed E-state index contributed by atoms with van der Waals surface area (Å²) in [6.45, 7) is 4.38. The summed E-state index contributed by atoms with van der Waals surface area (Å²) in [5, 5.41) is 11.8. The van der Waals surface area contributed by atoms with Crippen LogP contribution in [0.2, 0.25) is 0 Å². The first kappa shape index (κ1) is 51.3. The van der Waals surface area contributed by atoms with Gasteiger partial charge in [0.15, 0.2) is 18.7 Å². The van der Waals surface area contributed by atoms with Gasteiger partial charge in [-0.1, -0.05) is 172 Å². The molecule has 0 aromatic heterocycles. The van der Waals surface area contributed by atoms with Crippen LogP contribution in [0.1, 0.15) is 56.8 Å². The Kier molecular flexibility index (Phi) is 19.0. The molecule has 0 bridgehead atoms. The topological polar surface area (TPSA) is 147 Å². The molecule has 0 radical (unpaired) electrons. The van der Waals surface area contributed by atoms with Gasteiger partial charge in [-0.15, -0.1) is 0 Å². The fourth-order valence-corrected chi connectivity index (χ4v) is 8.40. The Balaban J connectivity index is 1.19. The van der Waals surface area contributed by atoms with E-state index in [1.807, 2.05) is 141 Å². The molecule has 13 heteroatoms. The lowest BCUT2D eigenvalue weighted by Gasteiger charge is -2.49. The maximum atomic E-state index is 14.2. The highest BCUT2D eigenvalue weighted by Gasteiger charge is 2.55. The average Bonchev–Trinajstić information content (AvgIpc) is 3.41. The van der Waals surface area contributed by atoms with Crippen molar-refractivity contribution in [3.8, 4) is 0 Å². The Hall–Kier alpha value is -6.10. The zero-order valence-corrected chi connectivity index (χ0v) is 40.0. The predicted molar refractivity (Wildman–Crippen MR) is 263 cm³/mol. The Morgan fingerprint density at radius 2 is 0.887 bits per heavy atom. The predicted octanol–water partition coefficient (Wildman–Crippen LogP) is 8.91. The molecule has 9 unspecified atom stereocenters. The largest absolute Gasteiger partial charge is 0.459 e. The van der Waals surface area contributed by atoms with E-state index in [2.05, 4.69) is 0 Å². The Bertz CT molecular complexity index is 2470. The molecule has 6 aromatic rings. The number of aliphatic hydroxyl groups excluding tert-OH is 1. The van der Waals surface area contributed by atoms with Gasteiger partial charge in [-0.05, 0) is 52.4 Å². The third-order valence-electron chi connectivity index (χ3n) is 12.0. The fraction of sp³-hybridized carbons (Fsp3) is 0.345. The summed E-state index contributed by atoms with van der Waals surface area (Å²) in [6.07, 6.45) is -11.5. The first-order valence-electron chi connectivity index (χ1n) is 24.1. The van der Waals surface area contributed by atoms with Crippen LogP contribution in [-0.4, -0.2) is 98.3 Å². The molecule has 71 heavy (non-hydrogen) atoms. The van der Waals surface area contributed by atoms with Crippen molar-refractivity contribution in [3.05, 3.63) is 215 Å². The first-order chi connectivity index (χ1) is 34.8. The molecule has 0 aliphatic carbocycles. The van der Waals surface area contributed by atoms with Gasteiger partial charge in [-0.3, -0.25) is 0 Å². The Morgan fingerprint density at radius 1 is 0.465 bits per heavy atom. The van der Waals surface area contributed by atoms with Crippen molar-refractivity contribution >= 4 is 11.9 Å². The van der Waals surface area contributed by atoms with Crippen molar-refractivity contribution in [2.24, 2.45) is 5.92 Å². The zero-order chi connectivity index (χ0) is 49.2. The molecular weight excluding hydrogens is 905 g/mol. The van der Waals surface area contributed by atoms with Crippen molar-refractivity contribution in [1.29, 1.82) is 0 Å². The van der Waals surface area contributed by atoms with Crippen LogP contribution in [0.4, 0.5) is 0 Å². The van der Waals surface area contributed by atoms with Crippen molar-refractivity contribution in [2.45, 2.75) is 102 Å². The average molecular weight is 967 g/mol. The number of carbonyl (C=O) groups excluding carboxylic acids is 2. The molecule has 10 atom stereocenters. The van der Waals surface area contributed by atoms with Gasteiger partial charge < -0.3 is 52.5 Å². The second kappa shape index (κ2) is 26.4. The zero-order valence-electron chi connectivity index (χ0n) is 40.0. The monoisotopic (exact) mass is 966 g/mol. The van der Waals surface area contributed by atoms with Gasteiger partial charge >= 0.3 is 11.9 Å². The molecule has 2 aliphatic heterocycles. The van der Waals surface area contributed by atoms with Gasteiger partial charge in [0, 0.05) is 6.61 Å². The van der Waals surface area contributed by atoms with Gasteiger partial charge in [0.25, 0.3) is 0 Å². The number of hydrogen-bond acceptors (Lipinski definition) is 13. The van der Waals surface area contributed by atoms with Crippen LogP contribution in [0.25, 0.3) is 0 Å². The van der Waals surface area contributed by atoms with Crippen LogP contribution in [-0.2, 0) is 73.8 Å². The molecule has 8 rings (SSSR count). The molecule has 0 spiro atoms. The SMILES string of the molecule is CC(C)COC1C(OCc2ccccc2)C(O)OC(COC(=O)c2ccccc2)C1OC1OC(COCc2ccccc2)[C@H](OC(=O)c2ccccc2)C(OCc2ccccc2)C1OCc1ccccc1. The number of rotatable bonds is 23. The molecule has 1 N–H and O–H groups in total. The minimum absolute atomic E-state index is 0.0506. The lowest BCUT2D eigenvalue weighted by Crippen LogP contribution is -2.66. The van der Waals surface area contributed by atoms with E-state index in [1.165, 1.54) is 0 Å². The Labute approximate surface area is 415 Å². The van der Waals surface area contributed by atoms with Crippen LogP contribution in [0.15, 0.2) is 182 Å². The highest BCUT2D eigenvalue weighted by atomic mass is 16.8. The molecule has 372 valence electrons. The molecule has 2 aliphatic rings. The molecule has 2 heterocycles. The maximum absolute atomic E-state index is 14.2. The molecular formula is C58H62O13. The normalized spacial score (nSPS) is 24.3. The smallest absolute Gasteiger partial charge is 0.338 e. The lowest BCUT2D eigenvalue weighted by molar-refractivity contribution is -0.370. The van der Waals surface area contributed by atoms with Crippen LogP contribution in [0.5, 0.6) is 0 Å². The first-order valence-corrected chi connectivity index (χ1v) is 24.1. The lowest BCUT2D eigenvalue weighted by atomic mass is 9.95. The van der Waals surface area contributed by atoms with E-state index in [-0.39, 0.29) is 52.2 Å². The third-order valence-corrected chi connectivity index (χ3v) is 12.0. The fourth-order valence-electron chi connectivity index (χ4n) is 8.40. The van der Waals surface area contributed by atoms with Gasteiger partial charge in [0.2, 0.25) is 0 Å². The minimum Gasteiger partial charge on any atom is -0.459 e. The number of aliphatic hydroxyl groups is 1. The second-order valence-electron chi connectivity index (χ2n) is 17.9. The number of esters is 2. The van der Waals surface area contributed by atoms with E-state index in [0.29, 0.717) is 11.1 Å². The number of benzene rings is 6. The van der Waals surface area contributed by atoms with E-state index in [1.54, 1.807) is 54.6 Å². The summed E-state index contributed by atoms with van der Waals surface area (Å²) in [7, 11) is 0. The van der Waals surface area contributed by atoms with E-state index >= 15 is 0 Å². The van der Waals surface area contributed by atoms with Crippen LogP contribution >= 0.6 is 0 Å². The maximum Gasteiger partial charge on any atom is 0.338 e. The van der Waals surface area contributed by atoms with Crippen molar-refractivity contribution < 1.29 is 62.1 Å². The van der Waals surface area contributed by atoms with Gasteiger partial charge in [-0.25, -0.2) is 9.59 Å². The van der Waals surface area contributed by atoms with Crippen LogP contribution < -0.4 is 0 Å². The van der Waals surface area contributed by atoms with E-state index < -0.39 is 73.4 Å². The van der Waals surface area contributed by atoms with Gasteiger partial charge in [0.1, 0.15) is 49.3 Å². The summed E-state index contributed by atoms with van der Waals surface area (Å²) in [4.78, 5) is 27.7. The second-order valence-corrected chi connectivity index (χ2v) is 17.9. The van der Waals surface area contributed by atoms with Crippen molar-refractivity contribution in [1.82, 2.24) is 0 Å². The number of carbonyl (C=O) groups is 2. The van der Waals surface area contributed by atoms with Crippen molar-refractivity contribution in [2.75, 3.05) is 19.8 Å².